The summed E-state index contributed by atoms with van der Waals surface area (Å²) < 4.78 is 1.19. The molecule has 2 aliphatic rings. The quantitative estimate of drug-likeness (QED) is 0.827. The molecular formula is C17H24N2O2S2. The van der Waals surface area contributed by atoms with Crippen molar-refractivity contribution in [2.75, 3.05) is 18.8 Å². The Morgan fingerprint density at radius 3 is 2.83 bits per heavy atom. The summed E-state index contributed by atoms with van der Waals surface area (Å²) in [6.45, 7) is 3.94. The number of carbonyl (C=O) groups excluding carboxylic acids is 2. The molecule has 0 aromatic carbocycles. The number of hydrogen-bond donors (Lipinski definition) is 1. The van der Waals surface area contributed by atoms with E-state index in [4.69, 9.17) is 0 Å². The van der Waals surface area contributed by atoms with Crippen LogP contribution in [-0.4, -0.2) is 41.6 Å². The number of carbonyl (C=O) groups is 2. The zero-order chi connectivity index (χ0) is 16.2. The molecule has 0 spiro atoms. The summed E-state index contributed by atoms with van der Waals surface area (Å²) in [7, 11) is 0. The SMILES string of the molecule is CCSc1ccc(C(=O)N[C@@H]2CC[C@H](C(=O)N3CCCC3)C2)s1. The van der Waals surface area contributed by atoms with Crippen LogP contribution in [0.5, 0.6) is 0 Å². The topological polar surface area (TPSA) is 49.4 Å². The van der Waals surface area contributed by atoms with Gasteiger partial charge in [0.25, 0.3) is 5.91 Å². The average molecular weight is 353 g/mol. The van der Waals surface area contributed by atoms with Crippen molar-refractivity contribution in [3.8, 4) is 0 Å². The van der Waals surface area contributed by atoms with Crippen molar-refractivity contribution in [3.05, 3.63) is 17.0 Å². The lowest BCUT2D eigenvalue weighted by Gasteiger charge is -2.20. The number of nitrogens with zero attached hydrogens (tertiary/aromatic N) is 1. The van der Waals surface area contributed by atoms with Gasteiger partial charge < -0.3 is 10.2 Å². The van der Waals surface area contributed by atoms with Gasteiger partial charge in [-0.3, -0.25) is 9.59 Å². The van der Waals surface area contributed by atoms with E-state index in [0.29, 0.717) is 5.91 Å². The Labute approximate surface area is 146 Å². The third kappa shape index (κ3) is 4.10. The van der Waals surface area contributed by atoms with Crippen LogP contribution in [0.15, 0.2) is 16.3 Å². The standard InChI is InChI=1S/C17H24N2O2S2/c1-2-22-15-8-7-14(23-15)16(20)18-13-6-5-12(11-13)17(21)19-9-3-4-10-19/h7-8,12-13H,2-6,9-11H2,1H3,(H,18,20)/t12-,13+/m0/s1. The molecule has 0 unspecified atom stereocenters. The van der Waals surface area contributed by atoms with E-state index in [1.807, 2.05) is 17.0 Å². The van der Waals surface area contributed by atoms with E-state index in [1.54, 1.807) is 23.1 Å². The van der Waals surface area contributed by atoms with Crippen molar-refractivity contribution in [1.29, 1.82) is 0 Å². The molecule has 4 nitrogen and oxygen atoms in total. The Balaban J connectivity index is 1.50. The molecule has 3 rings (SSSR count). The number of thiophene rings is 1. The van der Waals surface area contributed by atoms with Crippen LogP contribution in [0.2, 0.25) is 0 Å². The van der Waals surface area contributed by atoms with Crippen LogP contribution >= 0.6 is 23.1 Å². The van der Waals surface area contributed by atoms with E-state index >= 15 is 0 Å². The number of thioether (sulfide) groups is 1. The first-order chi connectivity index (χ1) is 11.2. The molecule has 126 valence electrons. The molecule has 23 heavy (non-hydrogen) atoms. The summed E-state index contributed by atoms with van der Waals surface area (Å²) in [5.41, 5.74) is 0. The van der Waals surface area contributed by atoms with Gasteiger partial charge in [-0.25, -0.2) is 0 Å². The average Bonchev–Trinajstić information content (AvgIpc) is 3.28. The summed E-state index contributed by atoms with van der Waals surface area (Å²) in [5, 5.41) is 3.12. The third-order valence-electron chi connectivity index (χ3n) is 4.63. The summed E-state index contributed by atoms with van der Waals surface area (Å²) in [5.74, 6) is 1.44. The third-order valence-corrected chi connectivity index (χ3v) is 6.82. The fraction of sp³-hybridized carbons (Fsp3) is 0.647. The van der Waals surface area contributed by atoms with Crippen molar-refractivity contribution < 1.29 is 9.59 Å². The minimum atomic E-state index is 0.0113. The van der Waals surface area contributed by atoms with Crippen LogP contribution in [0.25, 0.3) is 0 Å². The normalized spacial score (nSPS) is 24.1. The van der Waals surface area contributed by atoms with Gasteiger partial charge in [-0.2, -0.15) is 0 Å². The van der Waals surface area contributed by atoms with Crippen molar-refractivity contribution in [1.82, 2.24) is 10.2 Å². The molecule has 1 aliphatic heterocycles. The van der Waals surface area contributed by atoms with E-state index < -0.39 is 0 Å². The second-order valence-electron chi connectivity index (χ2n) is 6.26. The fourth-order valence-electron chi connectivity index (χ4n) is 3.45. The van der Waals surface area contributed by atoms with Gasteiger partial charge in [0.05, 0.1) is 9.09 Å². The van der Waals surface area contributed by atoms with Gasteiger partial charge in [-0.1, -0.05) is 6.92 Å². The molecule has 0 bridgehead atoms. The molecule has 1 saturated heterocycles. The Morgan fingerprint density at radius 2 is 2.09 bits per heavy atom. The first-order valence-corrected chi connectivity index (χ1v) is 10.3. The molecule has 0 radical (unpaired) electrons. The van der Waals surface area contributed by atoms with Crippen molar-refractivity contribution in [2.45, 2.75) is 49.3 Å². The fourth-order valence-corrected chi connectivity index (χ4v) is 5.40. The van der Waals surface area contributed by atoms with Crippen LogP contribution in [0.4, 0.5) is 0 Å². The molecule has 2 heterocycles. The van der Waals surface area contributed by atoms with Crippen LogP contribution in [-0.2, 0) is 4.79 Å². The van der Waals surface area contributed by atoms with Crippen LogP contribution in [0.3, 0.4) is 0 Å². The van der Waals surface area contributed by atoms with E-state index in [9.17, 15) is 9.59 Å². The predicted molar refractivity (Wildman–Crippen MR) is 95.1 cm³/mol. The van der Waals surface area contributed by atoms with Crippen LogP contribution < -0.4 is 5.32 Å². The first kappa shape index (κ1) is 16.8. The van der Waals surface area contributed by atoms with Gasteiger partial charge in [0.2, 0.25) is 5.91 Å². The summed E-state index contributed by atoms with van der Waals surface area (Å²) in [6, 6.07) is 4.06. The molecule has 2 fully saturated rings. The summed E-state index contributed by atoms with van der Waals surface area (Å²) in [6.07, 6.45) is 4.88. The van der Waals surface area contributed by atoms with Gasteiger partial charge in [-0.05, 0) is 50.0 Å². The number of nitrogens with one attached hydrogen (secondary N) is 1. The Kier molecular flexibility index (Phi) is 5.64. The Bertz CT molecular complexity index is 567. The van der Waals surface area contributed by atoms with Gasteiger partial charge in [0.15, 0.2) is 0 Å². The molecule has 2 amide bonds. The molecule has 2 atom stereocenters. The van der Waals surface area contributed by atoms with Crippen molar-refractivity contribution >= 4 is 34.9 Å². The molecule has 1 aromatic heterocycles. The Hall–Kier alpha value is -1.01. The second-order valence-corrected chi connectivity index (χ2v) is 8.91. The molecule has 1 aliphatic carbocycles. The largest absolute Gasteiger partial charge is 0.349 e. The number of amides is 2. The highest BCUT2D eigenvalue weighted by atomic mass is 32.2. The number of rotatable bonds is 5. The van der Waals surface area contributed by atoms with Crippen molar-refractivity contribution in [2.24, 2.45) is 5.92 Å². The highest BCUT2D eigenvalue weighted by molar-refractivity contribution is 8.01. The number of likely N-dealkylation sites (tertiary alicyclic amines) is 1. The zero-order valence-electron chi connectivity index (χ0n) is 13.5. The maximum Gasteiger partial charge on any atom is 0.261 e. The highest BCUT2D eigenvalue weighted by Crippen LogP contribution is 2.30. The number of hydrogen-bond acceptors (Lipinski definition) is 4. The summed E-state index contributed by atoms with van der Waals surface area (Å²) >= 11 is 3.32. The van der Waals surface area contributed by atoms with E-state index in [0.717, 1.165) is 55.8 Å². The van der Waals surface area contributed by atoms with E-state index in [1.165, 1.54) is 4.21 Å². The minimum absolute atomic E-state index is 0.0113. The van der Waals surface area contributed by atoms with Crippen LogP contribution in [0, 0.1) is 5.92 Å². The Morgan fingerprint density at radius 1 is 1.30 bits per heavy atom. The minimum Gasteiger partial charge on any atom is -0.349 e. The molecule has 6 heteroatoms. The lowest BCUT2D eigenvalue weighted by Crippen LogP contribution is -2.35. The molecule has 1 saturated carbocycles. The molecular weight excluding hydrogens is 328 g/mol. The monoisotopic (exact) mass is 352 g/mol. The van der Waals surface area contributed by atoms with Gasteiger partial charge in [0.1, 0.15) is 0 Å². The zero-order valence-corrected chi connectivity index (χ0v) is 15.2. The maximum absolute atomic E-state index is 12.4. The van der Waals surface area contributed by atoms with Crippen LogP contribution in [0.1, 0.15) is 48.7 Å². The van der Waals surface area contributed by atoms with Crippen molar-refractivity contribution in [3.63, 3.8) is 0 Å². The van der Waals surface area contributed by atoms with Gasteiger partial charge in [0, 0.05) is 25.0 Å². The second kappa shape index (κ2) is 7.71. The molecule has 1 aromatic rings. The van der Waals surface area contributed by atoms with Gasteiger partial charge >= 0.3 is 0 Å². The first-order valence-electron chi connectivity index (χ1n) is 8.49. The lowest BCUT2D eigenvalue weighted by molar-refractivity contribution is -0.134. The highest BCUT2D eigenvalue weighted by Gasteiger charge is 2.34. The maximum atomic E-state index is 12.4. The smallest absolute Gasteiger partial charge is 0.261 e. The lowest BCUT2D eigenvalue weighted by atomic mass is 10.1. The van der Waals surface area contributed by atoms with E-state index in [2.05, 4.69) is 12.2 Å². The molecule has 1 N–H and O–H groups in total. The summed E-state index contributed by atoms with van der Waals surface area (Å²) in [4.78, 5) is 27.6. The van der Waals surface area contributed by atoms with Gasteiger partial charge in [-0.15, -0.1) is 23.1 Å². The van der Waals surface area contributed by atoms with E-state index in [-0.39, 0.29) is 17.9 Å². The predicted octanol–water partition coefficient (Wildman–Crippen LogP) is 3.38.